The van der Waals surface area contributed by atoms with E-state index in [4.69, 9.17) is 4.74 Å². The van der Waals surface area contributed by atoms with E-state index in [0.29, 0.717) is 32.6 Å². The van der Waals surface area contributed by atoms with Crippen molar-refractivity contribution < 1.29 is 24.2 Å². The zero-order valence-electron chi connectivity index (χ0n) is 20.7. The largest absolute Gasteiger partial charge is 0.396 e. The highest BCUT2D eigenvalue weighted by atomic mass is 16.5. The van der Waals surface area contributed by atoms with Crippen LogP contribution in [-0.4, -0.2) is 94.1 Å². The summed E-state index contributed by atoms with van der Waals surface area (Å²) >= 11 is 0. The normalized spacial score (nSPS) is 34.9. The summed E-state index contributed by atoms with van der Waals surface area (Å²) in [6.07, 6.45) is 11.9. The number of aliphatic hydroxyl groups excluding tert-OH is 1. The van der Waals surface area contributed by atoms with E-state index in [2.05, 4.69) is 6.92 Å². The van der Waals surface area contributed by atoms with Crippen LogP contribution in [0.3, 0.4) is 0 Å². The van der Waals surface area contributed by atoms with Crippen LogP contribution in [0.1, 0.15) is 52.9 Å². The summed E-state index contributed by atoms with van der Waals surface area (Å²) in [5.74, 6) is -1.91. The van der Waals surface area contributed by atoms with Gasteiger partial charge in [-0.2, -0.15) is 0 Å². The third-order valence-corrected chi connectivity index (χ3v) is 7.81. The van der Waals surface area contributed by atoms with E-state index in [-0.39, 0.29) is 30.9 Å². The molecular formula is C26H39N3O5. The van der Waals surface area contributed by atoms with Crippen LogP contribution in [0.2, 0.25) is 0 Å². The summed E-state index contributed by atoms with van der Waals surface area (Å²) in [7, 11) is 0. The number of rotatable bonds is 9. The Morgan fingerprint density at radius 2 is 1.59 bits per heavy atom. The van der Waals surface area contributed by atoms with Crippen molar-refractivity contribution in [2.45, 2.75) is 70.1 Å². The molecule has 1 spiro atoms. The minimum Gasteiger partial charge on any atom is -0.396 e. The third kappa shape index (κ3) is 3.88. The van der Waals surface area contributed by atoms with Crippen molar-refractivity contribution in [3.05, 3.63) is 24.3 Å². The molecule has 0 saturated carbocycles. The van der Waals surface area contributed by atoms with Gasteiger partial charge in [0, 0.05) is 39.3 Å². The van der Waals surface area contributed by atoms with Gasteiger partial charge in [0.05, 0.1) is 17.4 Å². The van der Waals surface area contributed by atoms with E-state index >= 15 is 0 Å². The van der Waals surface area contributed by atoms with Crippen molar-refractivity contribution in [1.29, 1.82) is 0 Å². The number of ether oxygens (including phenoxy) is 1. The zero-order chi connectivity index (χ0) is 24.5. The molecule has 188 valence electrons. The Kier molecular flexibility index (Phi) is 7.20. The highest BCUT2D eigenvalue weighted by Crippen LogP contribution is 2.57. The molecule has 0 aliphatic carbocycles. The zero-order valence-corrected chi connectivity index (χ0v) is 20.7. The van der Waals surface area contributed by atoms with E-state index in [1.54, 1.807) is 9.80 Å². The Morgan fingerprint density at radius 3 is 2.26 bits per heavy atom. The van der Waals surface area contributed by atoms with Gasteiger partial charge in [0.1, 0.15) is 11.6 Å². The second kappa shape index (κ2) is 9.82. The predicted octanol–water partition coefficient (Wildman–Crippen LogP) is 1.74. The molecule has 34 heavy (non-hydrogen) atoms. The van der Waals surface area contributed by atoms with Crippen LogP contribution < -0.4 is 0 Å². The van der Waals surface area contributed by atoms with Crippen LogP contribution >= 0.6 is 0 Å². The first-order chi connectivity index (χ1) is 16.3. The Bertz CT molecular complexity index is 872. The lowest BCUT2D eigenvalue weighted by Gasteiger charge is -2.37. The maximum Gasteiger partial charge on any atom is 0.249 e. The van der Waals surface area contributed by atoms with E-state index in [1.165, 1.54) is 0 Å². The minimum atomic E-state index is -1.20. The molecule has 0 aromatic heterocycles. The quantitative estimate of drug-likeness (QED) is 0.407. The molecule has 4 rings (SSSR count). The number of hydrogen-bond donors (Lipinski definition) is 1. The van der Waals surface area contributed by atoms with Crippen LogP contribution in [-0.2, 0) is 19.1 Å². The van der Waals surface area contributed by atoms with Crippen LogP contribution in [0, 0.1) is 11.8 Å². The lowest BCUT2D eigenvalue weighted by Crippen LogP contribution is -2.56. The summed E-state index contributed by atoms with van der Waals surface area (Å²) in [5.41, 5.74) is -2.17. The van der Waals surface area contributed by atoms with Gasteiger partial charge in [-0.15, -0.1) is 0 Å². The number of nitrogens with zero attached hydrogens (tertiary/aromatic N) is 3. The molecule has 2 saturated heterocycles. The van der Waals surface area contributed by atoms with Crippen molar-refractivity contribution in [1.82, 2.24) is 14.7 Å². The number of hydrogen-bond acceptors (Lipinski definition) is 5. The molecule has 4 heterocycles. The molecular weight excluding hydrogens is 434 g/mol. The summed E-state index contributed by atoms with van der Waals surface area (Å²) in [6, 6.07) is -0.832. The standard InChI is InChI=1S/C26H39N3O5/c1-4-6-7-14-28-16-9-12-26-20(23(32)29(17-10-18-30)21(26)24(28)33)19-22(31)27(13-5-2)15-8-11-25(19,3)34-26/h8-9,11-12,19-21,30H,4-7,10,13-18H2,1-3H3/t19-,20+,21?,25+,26+/m1/s1. The van der Waals surface area contributed by atoms with Gasteiger partial charge in [0.2, 0.25) is 17.7 Å². The smallest absolute Gasteiger partial charge is 0.249 e. The topological polar surface area (TPSA) is 90.4 Å². The van der Waals surface area contributed by atoms with Gasteiger partial charge >= 0.3 is 0 Å². The van der Waals surface area contributed by atoms with Crippen molar-refractivity contribution in [2.24, 2.45) is 11.8 Å². The molecule has 8 nitrogen and oxygen atoms in total. The van der Waals surface area contributed by atoms with Gasteiger partial charge in [-0.3, -0.25) is 14.4 Å². The summed E-state index contributed by atoms with van der Waals surface area (Å²) in [5, 5.41) is 9.48. The monoisotopic (exact) mass is 473 g/mol. The number of fused-ring (bicyclic) bond motifs is 2. The third-order valence-electron chi connectivity index (χ3n) is 7.81. The van der Waals surface area contributed by atoms with Gasteiger partial charge in [0.25, 0.3) is 0 Å². The lowest BCUT2D eigenvalue weighted by molar-refractivity contribution is -0.152. The molecule has 0 aromatic carbocycles. The Morgan fingerprint density at radius 1 is 0.882 bits per heavy atom. The molecule has 0 bridgehead atoms. The van der Waals surface area contributed by atoms with E-state index in [0.717, 1.165) is 25.7 Å². The van der Waals surface area contributed by atoms with Crippen LogP contribution in [0.4, 0.5) is 0 Å². The second-order valence-corrected chi connectivity index (χ2v) is 10.2. The first-order valence-corrected chi connectivity index (χ1v) is 12.9. The van der Waals surface area contributed by atoms with E-state index in [1.807, 2.05) is 43.1 Å². The van der Waals surface area contributed by atoms with E-state index < -0.39 is 29.1 Å². The highest BCUT2D eigenvalue weighted by Gasteiger charge is 2.74. The molecule has 0 aromatic rings. The Labute approximate surface area is 202 Å². The van der Waals surface area contributed by atoms with Gasteiger partial charge in [0.15, 0.2) is 0 Å². The first kappa shape index (κ1) is 24.9. The van der Waals surface area contributed by atoms with Gasteiger partial charge in [-0.25, -0.2) is 0 Å². The number of unbranched alkanes of at least 4 members (excludes halogenated alkanes) is 2. The van der Waals surface area contributed by atoms with E-state index in [9.17, 15) is 19.5 Å². The van der Waals surface area contributed by atoms with Crippen LogP contribution in [0.15, 0.2) is 24.3 Å². The maximum atomic E-state index is 14.0. The fourth-order valence-electron chi connectivity index (χ4n) is 6.32. The number of likely N-dealkylation sites (tertiary alicyclic amines) is 1. The lowest BCUT2D eigenvalue weighted by atomic mass is 9.74. The first-order valence-electron chi connectivity index (χ1n) is 12.9. The molecule has 4 aliphatic heterocycles. The fraction of sp³-hybridized carbons (Fsp3) is 0.731. The summed E-state index contributed by atoms with van der Waals surface area (Å²) < 4.78 is 6.76. The van der Waals surface area contributed by atoms with Crippen LogP contribution in [0.25, 0.3) is 0 Å². The summed E-state index contributed by atoms with van der Waals surface area (Å²) in [4.78, 5) is 46.9. The molecule has 2 fully saturated rings. The Hall–Kier alpha value is -2.19. The number of carbonyl (C=O) groups is 3. The molecule has 8 heteroatoms. The average molecular weight is 474 g/mol. The molecule has 5 atom stereocenters. The number of aliphatic hydroxyl groups is 1. The molecule has 3 amide bonds. The van der Waals surface area contributed by atoms with Crippen molar-refractivity contribution in [3.8, 4) is 0 Å². The van der Waals surface area contributed by atoms with Gasteiger partial charge in [-0.05, 0) is 26.2 Å². The fourth-order valence-corrected chi connectivity index (χ4v) is 6.32. The van der Waals surface area contributed by atoms with Crippen molar-refractivity contribution in [2.75, 3.05) is 39.3 Å². The minimum absolute atomic E-state index is 0.0770. The number of carbonyl (C=O) groups excluding carboxylic acids is 3. The number of amides is 3. The SMILES string of the molecule is CCCCCN1CC=C[C@]23O[C@@]4(C)C=CCN(CCC)C(=O)[C@H]4[C@H]2C(=O)N(CCCO)C3C1=O. The van der Waals surface area contributed by atoms with Gasteiger partial charge < -0.3 is 24.5 Å². The van der Waals surface area contributed by atoms with Crippen LogP contribution in [0.5, 0.6) is 0 Å². The molecule has 0 radical (unpaired) electrons. The molecule has 1 N–H and O–H groups in total. The predicted molar refractivity (Wildman–Crippen MR) is 128 cm³/mol. The Balaban J connectivity index is 1.77. The molecule has 1 unspecified atom stereocenters. The van der Waals surface area contributed by atoms with Crippen molar-refractivity contribution in [3.63, 3.8) is 0 Å². The summed E-state index contributed by atoms with van der Waals surface area (Å²) in [6.45, 7) is 8.41. The second-order valence-electron chi connectivity index (χ2n) is 10.2. The van der Waals surface area contributed by atoms with Crippen molar-refractivity contribution >= 4 is 17.7 Å². The van der Waals surface area contributed by atoms with Gasteiger partial charge in [-0.1, -0.05) is 51.0 Å². The maximum absolute atomic E-state index is 14.0. The average Bonchev–Trinajstić information content (AvgIpc) is 3.08. The molecule has 4 aliphatic rings. The highest BCUT2D eigenvalue weighted by molar-refractivity contribution is 6.00.